The number of nitrogens with one attached hydrogen (secondary N) is 1. The van der Waals surface area contributed by atoms with Crippen LogP contribution in [0.4, 0.5) is 0 Å². The Morgan fingerprint density at radius 1 is 1.27 bits per heavy atom. The lowest BCUT2D eigenvalue weighted by Gasteiger charge is -2.60. The van der Waals surface area contributed by atoms with Crippen molar-refractivity contribution in [1.82, 2.24) is 15.1 Å². The average molecular weight is 356 g/mol. The Bertz CT molecular complexity index is 767. The van der Waals surface area contributed by atoms with Gasteiger partial charge >= 0.3 is 0 Å². The van der Waals surface area contributed by atoms with Crippen molar-refractivity contribution in [3.8, 4) is 0 Å². The summed E-state index contributed by atoms with van der Waals surface area (Å²) in [5, 5.41) is 8.08. The first kappa shape index (κ1) is 16.8. The highest BCUT2D eigenvalue weighted by atomic mass is 16.2. The first-order valence-electron chi connectivity index (χ1n) is 10.6. The average Bonchev–Trinajstić information content (AvgIpc) is 3.07. The zero-order valence-corrected chi connectivity index (χ0v) is 16.9. The summed E-state index contributed by atoms with van der Waals surface area (Å²) in [6.45, 7) is 12.2. The van der Waals surface area contributed by atoms with E-state index in [1.807, 2.05) is 0 Å². The van der Waals surface area contributed by atoms with Gasteiger partial charge in [-0.15, -0.1) is 0 Å². The molecule has 1 aromatic heterocycles. The Morgan fingerprint density at radius 3 is 2.69 bits per heavy atom. The molecule has 5 atom stereocenters. The van der Waals surface area contributed by atoms with Crippen molar-refractivity contribution in [2.45, 2.75) is 78.2 Å². The van der Waals surface area contributed by atoms with Crippen molar-refractivity contribution >= 4 is 5.91 Å². The van der Waals surface area contributed by atoms with Crippen molar-refractivity contribution in [1.29, 1.82) is 0 Å². The van der Waals surface area contributed by atoms with Crippen molar-refractivity contribution in [2.75, 3.05) is 6.54 Å². The highest BCUT2D eigenvalue weighted by Crippen LogP contribution is 2.61. The molecule has 142 valence electrons. The first-order chi connectivity index (χ1) is 12.2. The molecule has 2 bridgehead atoms. The van der Waals surface area contributed by atoms with Gasteiger partial charge in [-0.2, -0.15) is 5.10 Å². The maximum atomic E-state index is 13.0. The van der Waals surface area contributed by atoms with Crippen molar-refractivity contribution in [3.05, 3.63) is 17.0 Å². The number of nitrogens with zero attached hydrogens (tertiary/aromatic N) is 2. The number of fused-ring (bicyclic) bond motifs is 5. The van der Waals surface area contributed by atoms with Gasteiger partial charge < -0.3 is 5.32 Å². The van der Waals surface area contributed by atoms with Crippen LogP contribution in [0.2, 0.25) is 0 Å². The van der Waals surface area contributed by atoms with Crippen LogP contribution >= 0.6 is 0 Å². The summed E-state index contributed by atoms with van der Waals surface area (Å²) in [6, 6.07) is 0. The van der Waals surface area contributed by atoms with E-state index >= 15 is 0 Å². The lowest BCUT2D eigenvalue weighted by molar-refractivity contribution is -0.103. The molecule has 0 radical (unpaired) electrons. The molecule has 26 heavy (non-hydrogen) atoms. The Hall–Kier alpha value is -1.32. The van der Waals surface area contributed by atoms with Crippen molar-refractivity contribution < 1.29 is 4.79 Å². The second kappa shape index (κ2) is 5.14. The maximum Gasteiger partial charge on any atom is 0.272 e. The lowest BCUT2D eigenvalue weighted by atomic mass is 9.45. The highest BCUT2D eigenvalue weighted by molar-refractivity contribution is 5.94. The molecule has 5 aliphatic rings. The minimum Gasteiger partial charge on any atom is -0.350 e. The van der Waals surface area contributed by atoms with E-state index in [0.29, 0.717) is 22.9 Å². The zero-order valence-electron chi connectivity index (χ0n) is 16.9. The fraction of sp³-hybridized carbons (Fsp3) is 0.818. The van der Waals surface area contributed by atoms with Gasteiger partial charge in [0.1, 0.15) is 0 Å². The molecule has 4 heteroatoms. The summed E-state index contributed by atoms with van der Waals surface area (Å²) in [7, 11) is 0. The molecule has 0 aromatic carbocycles. The molecule has 1 aromatic rings. The van der Waals surface area contributed by atoms with Crippen LogP contribution in [0.25, 0.3) is 0 Å². The van der Waals surface area contributed by atoms with Crippen molar-refractivity contribution in [2.24, 2.45) is 29.1 Å². The number of amides is 1. The van der Waals surface area contributed by atoms with Gasteiger partial charge in [0.2, 0.25) is 0 Å². The van der Waals surface area contributed by atoms with Crippen LogP contribution in [0.15, 0.2) is 0 Å². The lowest BCUT2D eigenvalue weighted by Crippen LogP contribution is -2.54. The number of rotatable bonds is 3. The minimum absolute atomic E-state index is 0.0600. The summed E-state index contributed by atoms with van der Waals surface area (Å²) < 4.78 is 2.15. The van der Waals surface area contributed by atoms with Crippen LogP contribution < -0.4 is 5.32 Å². The summed E-state index contributed by atoms with van der Waals surface area (Å²) >= 11 is 0. The third kappa shape index (κ3) is 2.26. The molecular formula is C22H33N3O. The fourth-order valence-electron chi connectivity index (χ4n) is 6.32. The number of hydrogen-bond donors (Lipinski definition) is 1. The SMILES string of the molecule is CC1(C)[C@H]2CC[C@H](CNC(=O)c3nn(C(C)(C)C)c4c3C[C@H]3C[C@@H]43)[C@@H]1C2. The monoisotopic (exact) mass is 355 g/mol. The zero-order chi connectivity index (χ0) is 18.4. The Kier molecular flexibility index (Phi) is 3.33. The van der Waals surface area contributed by atoms with Crippen LogP contribution in [0.1, 0.15) is 88.0 Å². The largest absolute Gasteiger partial charge is 0.350 e. The van der Waals surface area contributed by atoms with Gasteiger partial charge in [-0.05, 0) is 82.0 Å². The first-order valence-corrected chi connectivity index (χ1v) is 10.6. The van der Waals surface area contributed by atoms with Crippen LogP contribution in [0.3, 0.4) is 0 Å². The van der Waals surface area contributed by atoms with E-state index in [1.54, 1.807) is 0 Å². The molecule has 1 N–H and O–H groups in total. The van der Waals surface area contributed by atoms with Gasteiger partial charge in [0.05, 0.1) is 5.54 Å². The second-order valence-electron chi connectivity index (χ2n) is 11.0. The van der Waals surface area contributed by atoms with E-state index in [2.05, 4.69) is 44.6 Å². The van der Waals surface area contributed by atoms with Gasteiger partial charge in [-0.3, -0.25) is 9.48 Å². The Labute approximate surface area is 157 Å². The molecule has 4 saturated carbocycles. The third-order valence-electron chi connectivity index (χ3n) is 8.14. The second-order valence-corrected chi connectivity index (χ2v) is 11.0. The van der Waals surface area contributed by atoms with Gasteiger partial charge in [0.25, 0.3) is 5.91 Å². The molecule has 1 heterocycles. The molecular weight excluding hydrogens is 322 g/mol. The molecule has 0 saturated heterocycles. The van der Waals surface area contributed by atoms with Crippen LogP contribution in [-0.4, -0.2) is 22.2 Å². The van der Waals surface area contributed by atoms with E-state index in [1.165, 1.54) is 36.9 Å². The summed E-state index contributed by atoms with van der Waals surface area (Å²) in [5.41, 5.74) is 3.72. The third-order valence-corrected chi connectivity index (χ3v) is 8.14. The topological polar surface area (TPSA) is 46.9 Å². The van der Waals surface area contributed by atoms with Gasteiger partial charge in [-0.25, -0.2) is 0 Å². The summed E-state index contributed by atoms with van der Waals surface area (Å²) in [6.07, 6.45) is 6.32. The predicted molar refractivity (Wildman–Crippen MR) is 102 cm³/mol. The molecule has 6 rings (SSSR count). The molecule has 4 nitrogen and oxygen atoms in total. The van der Waals surface area contributed by atoms with E-state index in [4.69, 9.17) is 5.10 Å². The van der Waals surface area contributed by atoms with Gasteiger partial charge in [0, 0.05) is 23.7 Å². The van der Waals surface area contributed by atoms with Crippen LogP contribution in [0.5, 0.6) is 0 Å². The molecule has 0 unspecified atom stereocenters. The number of carbonyl (C=O) groups excluding carboxylic acids is 1. The summed E-state index contributed by atoms with van der Waals surface area (Å²) in [5.74, 6) is 3.83. The molecule has 4 fully saturated rings. The Balaban J connectivity index is 1.33. The maximum absolute atomic E-state index is 13.0. The van der Waals surface area contributed by atoms with Crippen molar-refractivity contribution in [3.63, 3.8) is 0 Å². The molecule has 5 aliphatic carbocycles. The Morgan fingerprint density at radius 2 is 2.04 bits per heavy atom. The molecule has 0 aliphatic heterocycles. The number of hydrogen-bond acceptors (Lipinski definition) is 2. The van der Waals surface area contributed by atoms with E-state index < -0.39 is 0 Å². The van der Waals surface area contributed by atoms with E-state index in [0.717, 1.165) is 30.7 Å². The van der Waals surface area contributed by atoms with Gasteiger partial charge in [0.15, 0.2) is 5.69 Å². The minimum atomic E-state index is -0.0611. The van der Waals surface area contributed by atoms with E-state index in [-0.39, 0.29) is 11.4 Å². The quantitative estimate of drug-likeness (QED) is 0.887. The normalized spacial score (nSPS) is 36.1. The van der Waals surface area contributed by atoms with E-state index in [9.17, 15) is 4.79 Å². The smallest absolute Gasteiger partial charge is 0.272 e. The predicted octanol–water partition coefficient (Wildman–Crippen LogP) is 4.10. The number of carbonyl (C=O) groups is 1. The van der Waals surface area contributed by atoms with Crippen LogP contribution in [-0.2, 0) is 12.0 Å². The molecule has 1 amide bonds. The summed E-state index contributed by atoms with van der Waals surface area (Å²) in [4.78, 5) is 13.0. The van der Waals surface area contributed by atoms with Crippen LogP contribution in [0, 0.1) is 29.1 Å². The van der Waals surface area contributed by atoms with Gasteiger partial charge in [-0.1, -0.05) is 13.8 Å². The fourth-order valence-corrected chi connectivity index (χ4v) is 6.32. The molecule has 0 spiro atoms. The standard InChI is InChI=1S/C22H33N3O/c1-21(2,3)25-19-15-8-13(15)9-16(19)18(24-25)20(26)23-11-12-6-7-14-10-17(12)22(14,4)5/h12-15,17H,6-11H2,1-5H3,(H,23,26)/t12-,13-,14+,15-,17+/m1/s1. The number of aromatic nitrogens is 2. The highest BCUT2D eigenvalue weighted by Gasteiger charge is 2.54.